The highest BCUT2D eigenvalue weighted by molar-refractivity contribution is 6.35. The van der Waals surface area contributed by atoms with E-state index in [0.29, 0.717) is 27.8 Å². The molecule has 7 heteroatoms. The Labute approximate surface area is 113 Å². The molecule has 1 aromatic heterocycles. The average Bonchev–Trinajstić information content (AvgIpc) is 2.87. The van der Waals surface area contributed by atoms with Crippen LogP contribution in [0.5, 0.6) is 11.5 Å². The third kappa shape index (κ3) is 2.34. The number of methoxy groups -OCH3 is 2. The highest BCUT2D eigenvalue weighted by Crippen LogP contribution is 2.41. The predicted molar refractivity (Wildman–Crippen MR) is 69.1 cm³/mol. The van der Waals surface area contributed by atoms with Gasteiger partial charge in [-0.3, -0.25) is 5.10 Å². The molecular weight excluding hydrogens is 272 g/mol. The number of nitrogens with one attached hydrogen (secondary N) is 1. The van der Waals surface area contributed by atoms with Crippen LogP contribution in [0, 0.1) is 0 Å². The molecule has 0 fully saturated rings. The minimum absolute atomic E-state index is 0.0131. The summed E-state index contributed by atoms with van der Waals surface area (Å²) in [6, 6.07) is 4.76. The minimum Gasteiger partial charge on any atom is -0.493 e. The van der Waals surface area contributed by atoms with Crippen LogP contribution in [-0.2, 0) is 0 Å². The van der Waals surface area contributed by atoms with Gasteiger partial charge in [0.2, 0.25) is 0 Å². The van der Waals surface area contributed by atoms with Crippen LogP contribution in [0.15, 0.2) is 18.2 Å². The van der Waals surface area contributed by atoms with Gasteiger partial charge in [0, 0.05) is 5.56 Å². The zero-order valence-corrected chi connectivity index (χ0v) is 11.0. The van der Waals surface area contributed by atoms with Crippen molar-refractivity contribution in [2.75, 3.05) is 14.2 Å². The van der Waals surface area contributed by atoms with E-state index in [0.717, 1.165) is 0 Å². The second-order valence-electron chi connectivity index (χ2n) is 3.63. The number of halogens is 1. The minimum atomic E-state index is -1.09. The molecule has 0 amide bonds. The first-order valence-corrected chi connectivity index (χ1v) is 5.65. The van der Waals surface area contributed by atoms with Crippen LogP contribution in [-0.4, -0.2) is 35.5 Å². The molecule has 0 radical (unpaired) electrons. The second kappa shape index (κ2) is 5.19. The molecule has 2 rings (SSSR count). The van der Waals surface area contributed by atoms with E-state index in [1.807, 2.05) is 0 Å². The van der Waals surface area contributed by atoms with Crippen LogP contribution in [0.4, 0.5) is 0 Å². The molecule has 0 aliphatic carbocycles. The normalized spacial score (nSPS) is 10.3. The summed E-state index contributed by atoms with van der Waals surface area (Å²) in [6.07, 6.45) is 0. The Bertz CT molecular complexity index is 624. The molecule has 0 aliphatic rings. The quantitative estimate of drug-likeness (QED) is 0.900. The van der Waals surface area contributed by atoms with Crippen LogP contribution < -0.4 is 9.47 Å². The second-order valence-corrected chi connectivity index (χ2v) is 4.01. The average molecular weight is 283 g/mol. The summed E-state index contributed by atoms with van der Waals surface area (Å²) in [5.74, 6) is -0.220. The Hall–Kier alpha value is -2.21. The van der Waals surface area contributed by atoms with E-state index in [1.165, 1.54) is 20.3 Å². The van der Waals surface area contributed by atoms with Crippen molar-refractivity contribution in [3.63, 3.8) is 0 Å². The molecule has 1 heterocycles. The summed E-state index contributed by atoms with van der Waals surface area (Å²) in [5.41, 5.74) is 0.965. The van der Waals surface area contributed by atoms with E-state index in [1.54, 1.807) is 12.1 Å². The molecular formula is C12H11ClN2O4. The Kier molecular flexibility index (Phi) is 3.62. The van der Waals surface area contributed by atoms with Crippen LogP contribution in [0.2, 0.25) is 5.02 Å². The van der Waals surface area contributed by atoms with Crippen molar-refractivity contribution in [2.24, 2.45) is 0 Å². The number of aromatic amines is 1. The SMILES string of the molecule is COc1ccc(-c2cc(C(=O)O)[nH]n2)c(Cl)c1OC. The summed E-state index contributed by atoms with van der Waals surface area (Å²) in [5, 5.41) is 15.5. The molecule has 0 bridgehead atoms. The van der Waals surface area contributed by atoms with Gasteiger partial charge in [0.15, 0.2) is 11.5 Å². The Morgan fingerprint density at radius 2 is 2.11 bits per heavy atom. The van der Waals surface area contributed by atoms with E-state index >= 15 is 0 Å². The number of nitrogens with zero attached hydrogens (tertiary/aromatic N) is 1. The van der Waals surface area contributed by atoms with Crippen LogP contribution in [0.1, 0.15) is 10.5 Å². The molecule has 19 heavy (non-hydrogen) atoms. The topological polar surface area (TPSA) is 84.4 Å². The number of H-pyrrole nitrogens is 1. The summed E-state index contributed by atoms with van der Waals surface area (Å²) < 4.78 is 10.3. The number of rotatable bonds is 4. The van der Waals surface area contributed by atoms with Crippen molar-refractivity contribution in [3.05, 3.63) is 28.9 Å². The molecule has 6 nitrogen and oxygen atoms in total. The maximum atomic E-state index is 10.8. The first kappa shape index (κ1) is 13.2. The van der Waals surface area contributed by atoms with Gasteiger partial charge in [-0.25, -0.2) is 4.79 Å². The molecule has 2 aromatic rings. The summed E-state index contributed by atoms with van der Waals surface area (Å²) in [7, 11) is 2.98. The zero-order chi connectivity index (χ0) is 14.0. The maximum Gasteiger partial charge on any atom is 0.353 e. The lowest BCUT2D eigenvalue weighted by molar-refractivity contribution is 0.0690. The largest absolute Gasteiger partial charge is 0.493 e. The van der Waals surface area contributed by atoms with Crippen LogP contribution in [0.3, 0.4) is 0 Å². The number of hydrogen-bond donors (Lipinski definition) is 2. The van der Waals surface area contributed by atoms with E-state index in [2.05, 4.69) is 10.2 Å². The lowest BCUT2D eigenvalue weighted by atomic mass is 10.1. The van der Waals surface area contributed by atoms with Crippen molar-refractivity contribution in [1.29, 1.82) is 0 Å². The molecule has 0 atom stereocenters. The molecule has 0 aliphatic heterocycles. The number of aromatic nitrogens is 2. The molecule has 100 valence electrons. The number of benzene rings is 1. The molecule has 2 N–H and O–H groups in total. The standard InChI is InChI=1S/C12H11ClN2O4/c1-18-9-4-3-6(10(13)11(9)19-2)7-5-8(12(16)17)15-14-7/h3-5H,1-2H3,(H,14,15)(H,16,17). The molecule has 0 unspecified atom stereocenters. The Morgan fingerprint density at radius 3 is 2.63 bits per heavy atom. The van der Waals surface area contributed by atoms with Crippen LogP contribution >= 0.6 is 11.6 Å². The van der Waals surface area contributed by atoms with Gasteiger partial charge in [0.1, 0.15) is 5.69 Å². The van der Waals surface area contributed by atoms with E-state index in [-0.39, 0.29) is 5.69 Å². The first-order chi connectivity index (χ1) is 9.08. The number of carbonyl (C=O) groups is 1. The lowest BCUT2D eigenvalue weighted by Crippen LogP contribution is -1.95. The number of ether oxygens (including phenoxy) is 2. The third-order valence-electron chi connectivity index (χ3n) is 2.57. The van der Waals surface area contributed by atoms with Gasteiger partial charge in [-0.2, -0.15) is 5.10 Å². The first-order valence-electron chi connectivity index (χ1n) is 5.28. The van der Waals surface area contributed by atoms with E-state index in [4.69, 9.17) is 26.2 Å². The van der Waals surface area contributed by atoms with Gasteiger partial charge < -0.3 is 14.6 Å². The zero-order valence-electron chi connectivity index (χ0n) is 10.2. The summed E-state index contributed by atoms with van der Waals surface area (Å²) in [6.45, 7) is 0. The maximum absolute atomic E-state index is 10.8. The van der Waals surface area contributed by atoms with Crippen molar-refractivity contribution < 1.29 is 19.4 Å². The van der Waals surface area contributed by atoms with Crippen LogP contribution in [0.25, 0.3) is 11.3 Å². The third-order valence-corrected chi connectivity index (χ3v) is 2.94. The lowest BCUT2D eigenvalue weighted by Gasteiger charge is -2.11. The fourth-order valence-electron chi connectivity index (χ4n) is 1.66. The summed E-state index contributed by atoms with van der Waals surface area (Å²) >= 11 is 6.21. The highest BCUT2D eigenvalue weighted by atomic mass is 35.5. The molecule has 1 aromatic carbocycles. The van der Waals surface area contributed by atoms with E-state index in [9.17, 15) is 4.79 Å². The number of carboxylic acids is 1. The summed E-state index contributed by atoms with van der Waals surface area (Å²) in [4.78, 5) is 10.8. The van der Waals surface area contributed by atoms with E-state index < -0.39 is 5.97 Å². The number of aromatic carboxylic acids is 1. The smallest absolute Gasteiger partial charge is 0.353 e. The number of carboxylic acid groups (broad SMARTS) is 1. The highest BCUT2D eigenvalue weighted by Gasteiger charge is 2.17. The fraction of sp³-hybridized carbons (Fsp3) is 0.167. The van der Waals surface area contributed by atoms with Crippen molar-refractivity contribution in [1.82, 2.24) is 10.2 Å². The Balaban J connectivity index is 2.53. The van der Waals surface area contributed by atoms with Crippen molar-refractivity contribution >= 4 is 17.6 Å². The molecule has 0 saturated heterocycles. The predicted octanol–water partition coefficient (Wildman–Crippen LogP) is 2.45. The Morgan fingerprint density at radius 1 is 1.37 bits per heavy atom. The number of hydrogen-bond acceptors (Lipinski definition) is 4. The fourth-order valence-corrected chi connectivity index (χ4v) is 1.99. The van der Waals surface area contributed by atoms with Gasteiger partial charge in [-0.1, -0.05) is 11.6 Å². The van der Waals surface area contributed by atoms with Gasteiger partial charge in [-0.15, -0.1) is 0 Å². The van der Waals surface area contributed by atoms with Gasteiger partial charge in [-0.05, 0) is 18.2 Å². The molecule has 0 saturated carbocycles. The van der Waals surface area contributed by atoms with Crippen molar-refractivity contribution in [3.8, 4) is 22.8 Å². The molecule has 0 spiro atoms. The van der Waals surface area contributed by atoms with Gasteiger partial charge in [0.05, 0.1) is 24.9 Å². The van der Waals surface area contributed by atoms with Gasteiger partial charge in [0.25, 0.3) is 0 Å². The van der Waals surface area contributed by atoms with Gasteiger partial charge >= 0.3 is 5.97 Å². The monoisotopic (exact) mass is 282 g/mol. The van der Waals surface area contributed by atoms with Crippen molar-refractivity contribution in [2.45, 2.75) is 0 Å².